The molecule has 3 nitrogen and oxygen atoms in total. The van der Waals surface area contributed by atoms with E-state index in [4.69, 9.17) is 0 Å². The molecular formula is C17H20N2OS. The molecule has 2 aromatic rings. The van der Waals surface area contributed by atoms with Crippen molar-refractivity contribution in [2.24, 2.45) is 5.92 Å². The lowest BCUT2D eigenvalue weighted by Crippen LogP contribution is -2.33. The maximum Gasteiger partial charge on any atom is 0.161 e. The van der Waals surface area contributed by atoms with Crippen LogP contribution in [0.4, 0.5) is 0 Å². The van der Waals surface area contributed by atoms with Crippen LogP contribution in [0.5, 0.6) is 0 Å². The lowest BCUT2D eigenvalue weighted by atomic mass is 9.90. The number of thiazole rings is 1. The highest BCUT2D eigenvalue weighted by atomic mass is 32.1. The Labute approximate surface area is 129 Å². The molecule has 0 spiro atoms. The zero-order valence-corrected chi connectivity index (χ0v) is 12.9. The number of hydrogen-bond acceptors (Lipinski definition) is 4. The van der Waals surface area contributed by atoms with E-state index in [9.17, 15) is 4.79 Å². The summed E-state index contributed by atoms with van der Waals surface area (Å²) in [7, 11) is 0. The Balaban J connectivity index is 1.47. The molecule has 0 unspecified atom stereocenters. The number of aldehydes is 1. The molecule has 0 N–H and O–H groups in total. The van der Waals surface area contributed by atoms with Crippen molar-refractivity contribution in [2.75, 3.05) is 13.1 Å². The molecule has 1 aliphatic rings. The minimum atomic E-state index is 0.726. The second kappa shape index (κ2) is 6.96. The van der Waals surface area contributed by atoms with Gasteiger partial charge in [0.2, 0.25) is 0 Å². The number of piperidine rings is 1. The molecule has 0 aliphatic carbocycles. The van der Waals surface area contributed by atoms with Crippen molar-refractivity contribution in [2.45, 2.75) is 25.8 Å². The summed E-state index contributed by atoms with van der Waals surface area (Å²) in [5.41, 5.74) is 1.45. The molecule has 0 bridgehead atoms. The number of nitrogens with zero attached hydrogens (tertiary/aromatic N) is 2. The number of likely N-dealkylation sites (tertiary alicyclic amines) is 1. The Morgan fingerprint density at radius 1 is 1.24 bits per heavy atom. The van der Waals surface area contributed by atoms with E-state index in [2.05, 4.69) is 40.2 Å². The number of carbonyl (C=O) groups excluding carboxylic acids is 1. The summed E-state index contributed by atoms with van der Waals surface area (Å²) in [6.07, 6.45) is 6.26. The summed E-state index contributed by atoms with van der Waals surface area (Å²) in [4.78, 5) is 18.2. The van der Waals surface area contributed by atoms with Gasteiger partial charge in [-0.1, -0.05) is 30.3 Å². The fraction of sp³-hybridized carbons (Fsp3) is 0.412. The summed E-state index contributed by atoms with van der Waals surface area (Å²) in [5.74, 6) is 0.797. The maximum absolute atomic E-state index is 10.7. The van der Waals surface area contributed by atoms with Gasteiger partial charge in [0.25, 0.3) is 0 Å². The third-order valence-corrected chi connectivity index (χ3v) is 5.03. The number of carbonyl (C=O) groups is 1. The summed E-state index contributed by atoms with van der Waals surface area (Å²) in [6, 6.07) is 10.8. The molecule has 110 valence electrons. The first-order chi connectivity index (χ1) is 10.3. The monoisotopic (exact) mass is 300 g/mol. The van der Waals surface area contributed by atoms with Gasteiger partial charge < -0.3 is 0 Å². The maximum atomic E-state index is 10.7. The van der Waals surface area contributed by atoms with Crippen molar-refractivity contribution in [3.05, 3.63) is 52.0 Å². The summed E-state index contributed by atoms with van der Waals surface area (Å²) in [6.45, 7) is 3.15. The Hall–Kier alpha value is -1.52. The first-order valence-electron chi connectivity index (χ1n) is 7.49. The van der Waals surface area contributed by atoms with E-state index < -0.39 is 0 Å². The first kappa shape index (κ1) is 14.4. The summed E-state index contributed by atoms with van der Waals surface area (Å²) >= 11 is 1.51. The number of rotatable bonds is 5. The predicted octanol–water partition coefficient (Wildman–Crippen LogP) is 3.41. The Bertz CT molecular complexity index is 573. The van der Waals surface area contributed by atoms with Crippen LogP contribution in [0.3, 0.4) is 0 Å². The van der Waals surface area contributed by atoms with Crippen LogP contribution in [-0.4, -0.2) is 29.3 Å². The van der Waals surface area contributed by atoms with Crippen molar-refractivity contribution >= 4 is 17.6 Å². The average Bonchev–Trinajstić information content (AvgIpc) is 2.98. The van der Waals surface area contributed by atoms with Crippen LogP contribution in [0.25, 0.3) is 0 Å². The minimum absolute atomic E-state index is 0.726. The molecule has 0 radical (unpaired) electrons. The predicted molar refractivity (Wildman–Crippen MR) is 85.6 cm³/mol. The van der Waals surface area contributed by atoms with Crippen molar-refractivity contribution in [3.8, 4) is 0 Å². The molecule has 3 rings (SSSR count). The van der Waals surface area contributed by atoms with Crippen LogP contribution < -0.4 is 0 Å². The van der Waals surface area contributed by atoms with Gasteiger partial charge in [0.1, 0.15) is 5.01 Å². The van der Waals surface area contributed by atoms with Gasteiger partial charge in [-0.05, 0) is 43.8 Å². The minimum Gasteiger partial charge on any atom is -0.297 e. The van der Waals surface area contributed by atoms with E-state index in [0.29, 0.717) is 0 Å². The zero-order valence-electron chi connectivity index (χ0n) is 12.1. The van der Waals surface area contributed by atoms with Gasteiger partial charge in [0.15, 0.2) is 6.29 Å². The molecule has 1 aromatic carbocycles. The summed E-state index contributed by atoms with van der Waals surface area (Å²) in [5, 5.41) is 1.05. The fourth-order valence-electron chi connectivity index (χ4n) is 2.94. The van der Waals surface area contributed by atoms with Crippen LogP contribution in [0.15, 0.2) is 36.5 Å². The van der Waals surface area contributed by atoms with E-state index in [0.717, 1.165) is 41.7 Å². The Morgan fingerprint density at radius 3 is 2.67 bits per heavy atom. The molecule has 0 saturated carbocycles. The lowest BCUT2D eigenvalue weighted by Gasteiger charge is -2.31. The number of hydrogen-bond donors (Lipinski definition) is 0. The third kappa shape index (κ3) is 3.99. The van der Waals surface area contributed by atoms with Crippen LogP contribution in [-0.2, 0) is 13.0 Å². The van der Waals surface area contributed by atoms with Gasteiger partial charge in [0.05, 0.1) is 11.4 Å². The largest absolute Gasteiger partial charge is 0.297 e. The van der Waals surface area contributed by atoms with Gasteiger partial charge in [0, 0.05) is 6.20 Å². The second-order valence-corrected chi connectivity index (χ2v) is 6.83. The normalized spacial score (nSPS) is 17.0. The van der Waals surface area contributed by atoms with Crippen LogP contribution in [0.1, 0.15) is 33.1 Å². The van der Waals surface area contributed by atoms with E-state index >= 15 is 0 Å². The summed E-state index contributed by atoms with van der Waals surface area (Å²) < 4.78 is 0. The second-order valence-electron chi connectivity index (χ2n) is 5.68. The highest BCUT2D eigenvalue weighted by Crippen LogP contribution is 2.23. The van der Waals surface area contributed by atoms with Crippen molar-refractivity contribution in [3.63, 3.8) is 0 Å². The SMILES string of the molecule is O=Cc1cnc(CN2CCC(Cc3ccccc3)CC2)s1. The van der Waals surface area contributed by atoms with E-state index in [1.807, 2.05) is 0 Å². The van der Waals surface area contributed by atoms with E-state index in [1.54, 1.807) is 6.20 Å². The number of benzene rings is 1. The molecular weight excluding hydrogens is 280 g/mol. The smallest absolute Gasteiger partial charge is 0.161 e. The quantitative estimate of drug-likeness (QED) is 0.793. The van der Waals surface area contributed by atoms with Gasteiger partial charge in [-0.2, -0.15) is 0 Å². The average molecular weight is 300 g/mol. The zero-order chi connectivity index (χ0) is 14.5. The highest BCUT2D eigenvalue weighted by Gasteiger charge is 2.20. The number of aromatic nitrogens is 1. The van der Waals surface area contributed by atoms with Crippen molar-refractivity contribution in [1.82, 2.24) is 9.88 Å². The first-order valence-corrected chi connectivity index (χ1v) is 8.31. The molecule has 1 aliphatic heterocycles. The van der Waals surface area contributed by atoms with Crippen LogP contribution in [0.2, 0.25) is 0 Å². The van der Waals surface area contributed by atoms with Crippen LogP contribution in [0, 0.1) is 5.92 Å². The molecule has 1 saturated heterocycles. The molecule has 1 aromatic heterocycles. The fourth-order valence-corrected chi connectivity index (χ4v) is 3.72. The molecule has 4 heteroatoms. The van der Waals surface area contributed by atoms with Crippen molar-refractivity contribution in [1.29, 1.82) is 0 Å². The van der Waals surface area contributed by atoms with Gasteiger partial charge in [-0.25, -0.2) is 4.98 Å². The van der Waals surface area contributed by atoms with Gasteiger partial charge in [-0.15, -0.1) is 11.3 Å². The van der Waals surface area contributed by atoms with Gasteiger partial charge in [-0.3, -0.25) is 9.69 Å². The molecule has 1 fully saturated rings. The third-order valence-electron chi connectivity index (χ3n) is 4.12. The molecule has 0 atom stereocenters. The van der Waals surface area contributed by atoms with Crippen LogP contribution >= 0.6 is 11.3 Å². The van der Waals surface area contributed by atoms with Crippen molar-refractivity contribution < 1.29 is 4.79 Å². The Kier molecular flexibility index (Phi) is 4.78. The Morgan fingerprint density at radius 2 is 2.00 bits per heavy atom. The molecule has 2 heterocycles. The van der Waals surface area contributed by atoms with E-state index in [-0.39, 0.29) is 0 Å². The van der Waals surface area contributed by atoms with E-state index in [1.165, 1.54) is 36.2 Å². The topological polar surface area (TPSA) is 33.2 Å². The lowest BCUT2D eigenvalue weighted by molar-refractivity contribution is 0.112. The van der Waals surface area contributed by atoms with Gasteiger partial charge >= 0.3 is 0 Å². The standard InChI is InChI=1S/C17H20N2OS/c20-13-16-11-18-17(21-16)12-19-8-6-15(7-9-19)10-14-4-2-1-3-5-14/h1-5,11,13,15H,6-10,12H2. The molecule has 0 amide bonds. The molecule has 21 heavy (non-hydrogen) atoms. The highest BCUT2D eigenvalue weighted by molar-refractivity contribution is 7.13.